The summed E-state index contributed by atoms with van der Waals surface area (Å²) in [4.78, 5) is 13.9. The molecule has 0 heterocycles. The van der Waals surface area contributed by atoms with Gasteiger partial charge in [-0.05, 0) is 43.2 Å². The fourth-order valence-electron chi connectivity index (χ4n) is 2.55. The van der Waals surface area contributed by atoms with Crippen LogP contribution in [-0.4, -0.2) is 19.1 Å². The number of ether oxygens (including phenoxy) is 2. The predicted molar refractivity (Wildman–Crippen MR) is 126 cm³/mol. The number of carbonyl (C=O) groups is 1. The Labute approximate surface area is 184 Å². The van der Waals surface area contributed by atoms with Gasteiger partial charge in [0.25, 0.3) is 0 Å². The molecule has 0 saturated heterocycles. The predicted octanol–water partition coefficient (Wildman–Crippen LogP) is 6.37. The molecule has 0 aliphatic heterocycles. The number of rotatable bonds is 12. The molecule has 164 valence electrons. The normalized spacial score (nSPS) is 10.8. The summed E-state index contributed by atoms with van der Waals surface area (Å²) in [6.45, 7) is 9.32. The minimum Gasteiger partial charge on any atom is -0.492 e. The first-order valence-corrected chi connectivity index (χ1v) is 11.5. The molecule has 30 heavy (non-hydrogen) atoms. The number of carbonyl (C=O) groups excluding carboxylic acids is 1. The maximum Gasteiger partial charge on any atom is 0.226 e. The third-order valence-corrected chi connectivity index (χ3v) is 5.51. The van der Waals surface area contributed by atoms with Crippen LogP contribution >= 0.6 is 11.8 Å². The van der Waals surface area contributed by atoms with Gasteiger partial charge in [0, 0.05) is 22.6 Å². The Bertz CT molecular complexity index is 807. The summed E-state index contributed by atoms with van der Waals surface area (Å²) >= 11 is 1.59. The number of hydrogen-bond donors (Lipinski definition) is 2. The zero-order valence-corrected chi connectivity index (χ0v) is 19.3. The Balaban J connectivity index is 2.19. The van der Waals surface area contributed by atoms with Gasteiger partial charge in [-0.15, -0.1) is 0 Å². The molecule has 2 aromatic carbocycles. The van der Waals surface area contributed by atoms with E-state index in [4.69, 9.17) is 15.2 Å². The maximum absolute atomic E-state index is 11.9. The minimum absolute atomic E-state index is 0.00872. The fourth-order valence-corrected chi connectivity index (χ4v) is 3.46. The van der Waals surface area contributed by atoms with Gasteiger partial charge in [0.05, 0.1) is 23.8 Å². The maximum atomic E-state index is 11.9. The van der Waals surface area contributed by atoms with Gasteiger partial charge < -0.3 is 20.5 Å². The van der Waals surface area contributed by atoms with Crippen molar-refractivity contribution in [3.05, 3.63) is 36.4 Å². The van der Waals surface area contributed by atoms with Crippen LogP contribution in [0.2, 0.25) is 0 Å². The molecule has 5 nitrogen and oxygen atoms in total. The minimum atomic E-state index is -0.0530. The molecule has 6 heteroatoms. The summed E-state index contributed by atoms with van der Waals surface area (Å²) in [5, 5.41) is 2.91. The van der Waals surface area contributed by atoms with Crippen molar-refractivity contribution in [3.8, 4) is 11.5 Å². The van der Waals surface area contributed by atoms with E-state index in [2.05, 4.69) is 19.2 Å². The van der Waals surface area contributed by atoms with Gasteiger partial charge in [-0.3, -0.25) is 4.79 Å². The van der Waals surface area contributed by atoms with Gasteiger partial charge in [-0.25, -0.2) is 0 Å². The molecule has 0 aliphatic rings. The van der Waals surface area contributed by atoms with E-state index in [1.807, 2.05) is 50.2 Å². The molecule has 0 radical (unpaired) electrons. The molecule has 0 saturated carbocycles. The highest BCUT2D eigenvalue weighted by Gasteiger charge is 2.13. The Hall–Kier alpha value is -2.34. The van der Waals surface area contributed by atoms with Crippen LogP contribution in [0, 0.1) is 5.92 Å². The number of unbranched alkanes of at least 4 members (excludes halogenated alkanes) is 2. The lowest BCUT2D eigenvalue weighted by molar-refractivity contribution is -0.118. The van der Waals surface area contributed by atoms with Gasteiger partial charge in [0.1, 0.15) is 11.5 Å². The molecule has 0 aromatic heterocycles. The lowest BCUT2D eigenvalue weighted by Crippen LogP contribution is -2.17. The third kappa shape index (κ3) is 7.48. The van der Waals surface area contributed by atoms with Gasteiger partial charge in [-0.2, -0.15) is 0 Å². The van der Waals surface area contributed by atoms with Crippen molar-refractivity contribution in [1.82, 2.24) is 0 Å². The van der Waals surface area contributed by atoms with Gasteiger partial charge in [0.15, 0.2) is 0 Å². The van der Waals surface area contributed by atoms with Gasteiger partial charge in [0.2, 0.25) is 5.91 Å². The van der Waals surface area contributed by atoms with E-state index >= 15 is 0 Å². The third-order valence-electron chi connectivity index (χ3n) is 4.46. The monoisotopic (exact) mass is 430 g/mol. The zero-order valence-electron chi connectivity index (χ0n) is 18.5. The lowest BCUT2D eigenvalue weighted by Gasteiger charge is -2.16. The highest BCUT2D eigenvalue weighted by molar-refractivity contribution is 7.99. The summed E-state index contributed by atoms with van der Waals surface area (Å²) in [5.41, 5.74) is 7.59. The Morgan fingerprint density at radius 2 is 1.60 bits per heavy atom. The SMILES string of the molecule is CCCCOc1cc(Sc2ccc(NC(=O)C(C)C)cc2)c(OCCCC)cc1N. The number of nitrogens with one attached hydrogen (secondary N) is 1. The van der Waals surface area contributed by atoms with Crippen molar-refractivity contribution in [2.24, 2.45) is 5.92 Å². The highest BCUT2D eigenvalue weighted by Crippen LogP contribution is 2.41. The summed E-state index contributed by atoms with van der Waals surface area (Å²) in [7, 11) is 0. The van der Waals surface area contributed by atoms with Crippen LogP contribution < -0.4 is 20.5 Å². The van der Waals surface area contributed by atoms with E-state index in [0.29, 0.717) is 24.7 Å². The topological polar surface area (TPSA) is 73.6 Å². The largest absolute Gasteiger partial charge is 0.492 e. The molecular formula is C24H34N2O3S. The smallest absolute Gasteiger partial charge is 0.226 e. The quantitative estimate of drug-likeness (QED) is 0.302. The lowest BCUT2D eigenvalue weighted by atomic mass is 10.2. The van der Waals surface area contributed by atoms with E-state index in [0.717, 1.165) is 46.9 Å². The van der Waals surface area contributed by atoms with E-state index in [1.54, 1.807) is 11.8 Å². The van der Waals surface area contributed by atoms with E-state index < -0.39 is 0 Å². The summed E-state index contributed by atoms with van der Waals surface area (Å²) in [6, 6.07) is 11.6. The number of hydrogen-bond acceptors (Lipinski definition) is 5. The Morgan fingerprint density at radius 1 is 1.00 bits per heavy atom. The molecule has 0 bridgehead atoms. The van der Waals surface area contributed by atoms with E-state index in [9.17, 15) is 4.79 Å². The Morgan fingerprint density at radius 3 is 2.17 bits per heavy atom. The number of anilines is 2. The van der Waals surface area contributed by atoms with Gasteiger partial charge in [-0.1, -0.05) is 52.3 Å². The molecule has 2 aromatic rings. The van der Waals surface area contributed by atoms with E-state index in [1.165, 1.54) is 0 Å². The van der Waals surface area contributed by atoms with Crippen LogP contribution in [-0.2, 0) is 4.79 Å². The second-order valence-corrected chi connectivity index (χ2v) is 8.63. The first kappa shape index (κ1) is 23.9. The summed E-state index contributed by atoms with van der Waals surface area (Å²) in [5.74, 6) is 1.41. The zero-order chi connectivity index (χ0) is 21.9. The standard InChI is InChI=1S/C24H34N2O3S/c1-5-7-13-28-21-16-23(22(15-20(21)25)29-14-8-6-2)30-19-11-9-18(10-12-19)26-24(27)17(3)4/h9-12,15-17H,5-8,13-14,25H2,1-4H3,(H,26,27). The molecule has 2 rings (SSSR count). The molecule has 0 aliphatic carbocycles. The number of amides is 1. The van der Waals surface area contributed by atoms with Crippen molar-refractivity contribution in [2.75, 3.05) is 24.3 Å². The Kier molecular flexibility index (Phi) is 9.87. The average Bonchev–Trinajstić information content (AvgIpc) is 2.72. The van der Waals surface area contributed by atoms with Gasteiger partial charge >= 0.3 is 0 Å². The number of nitrogen functional groups attached to an aromatic ring is 1. The molecule has 0 spiro atoms. The molecule has 3 N–H and O–H groups in total. The summed E-state index contributed by atoms with van der Waals surface area (Å²) < 4.78 is 11.9. The highest BCUT2D eigenvalue weighted by atomic mass is 32.2. The van der Waals surface area contributed by atoms with Crippen LogP contribution in [0.1, 0.15) is 53.4 Å². The first-order chi connectivity index (χ1) is 14.4. The molecular weight excluding hydrogens is 396 g/mol. The van der Waals surface area contributed by atoms with Crippen LogP contribution in [0.4, 0.5) is 11.4 Å². The molecule has 1 amide bonds. The first-order valence-electron chi connectivity index (χ1n) is 10.7. The average molecular weight is 431 g/mol. The summed E-state index contributed by atoms with van der Waals surface area (Å²) in [6.07, 6.45) is 4.11. The van der Waals surface area contributed by atoms with Crippen molar-refractivity contribution in [3.63, 3.8) is 0 Å². The van der Waals surface area contributed by atoms with Crippen molar-refractivity contribution < 1.29 is 14.3 Å². The molecule has 0 unspecified atom stereocenters. The fraction of sp³-hybridized carbons (Fsp3) is 0.458. The van der Waals surface area contributed by atoms with Crippen molar-refractivity contribution in [1.29, 1.82) is 0 Å². The van der Waals surface area contributed by atoms with Crippen LogP contribution in [0.25, 0.3) is 0 Å². The van der Waals surface area contributed by atoms with Crippen LogP contribution in [0.5, 0.6) is 11.5 Å². The van der Waals surface area contributed by atoms with Crippen molar-refractivity contribution in [2.45, 2.75) is 63.2 Å². The second-order valence-electron chi connectivity index (χ2n) is 7.51. The van der Waals surface area contributed by atoms with Crippen LogP contribution in [0.3, 0.4) is 0 Å². The molecule has 0 atom stereocenters. The molecule has 0 fully saturated rings. The van der Waals surface area contributed by atoms with E-state index in [-0.39, 0.29) is 11.8 Å². The number of benzene rings is 2. The second kappa shape index (κ2) is 12.4. The number of nitrogens with two attached hydrogens (primary N) is 1. The van der Waals surface area contributed by atoms with Crippen LogP contribution in [0.15, 0.2) is 46.2 Å². The van der Waals surface area contributed by atoms with Crippen molar-refractivity contribution >= 4 is 29.0 Å².